The third kappa shape index (κ3) is 3.50. The molecule has 0 saturated heterocycles. The van der Waals surface area contributed by atoms with Crippen molar-refractivity contribution in [3.05, 3.63) is 72.6 Å². The van der Waals surface area contributed by atoms with Crippen molar-refractivity contribution in [1.82, 2.24) is 14.6 Å². The van der Waals surface area contributed by atoms with Crippen LogP contribution in [0.3, 0.4) is 0 Å². The summed E-state index contributed by atoms with van der Waals surface area (Å²) in [4.78, 5) is 17.1. The van der Waals surface area contributed by atoms with Gasteiger partial charge in [-0.05, 0) is 24.3 Å². The average molecular weight is 422 g/mol. The lowest BCUT2D eigenvalue weighted by Crippen LogP contribution is -2.13. The molecule has 2 aromatic heterocycles. The Hall–Kier alpha value is -3.72. The molecule has 30 heavy (non-hydrogen) atoms. The number of rotatable bonds is 5. The number of phenols is 1. The molecule has 0 unspecified atom stereocenters. The van der Waals surface area contributed by atoms with Gasteiger partial charge >= 0.3 is 0 Å². The molecule has 0 aliphatic rings. The third-order valence-corrected chi connectivity index (χ3v) is 6.40. The van der Waals surface area contributed by atoms with E-state index >= 15 is 0 Å². The van der Waals surface area contributed by atoms with Gasteiger partial charge in [0.15, 0.2) is 15.5 Å². The van der Waals surface area contributed by atoms with E-state index in [9.17, 15) is 18.3 Å². The Labute approximate surface area is 172 Å². The predicted octanol–water partition coefficient (Wildman–Crippen LogP) is 3.15. The van der Waals surface area contributed by atoms with Crippen molar-refractivity contribution >= 4 is 27.1 Å². The van der Waals surface area contributed by atoms with Crippen LogP contribution in [0.1, 0.15) is 17.3 Å². The van der Waals surface area contributed by atoms with Gasteiger partial charge in [-0.2, -0.15) is 5.10 Å². The number of hydrogen-bond donors (Lipinski definition) is 2. The molecule has 0 radical (unpaired) electrons. The zero-order valence-electron chi connectivity index (χ0n) is 16.0. The van der Waals surface area contributed by atoms with Gasteiger partial charge in [0, 0.05) is 11.8 Å². The van der Waals surface area contributed by atoms with E-state index in [1.165, 1.54) is 31.3 Å². The predicted molar refractivity (Wildman–Crippen MR) is 112 cm³/mol. The van der Waals surface area contributed by atoms with E-state index in [2.05, 4.69) is 15.4 Å². The minimum atomic E-state index is -3.49. The number of carbonyl (C=O) groups is 1. The molecule has 0 aliphatic heterocycles. The van der Waals surface area contributed by atoms with Gasteiger partial charge in [0.25, 0.3) is 5.91 Å². The van der Waals surface area contributed by atoms with Crippen molar-refractivity contribution in [2.45, 2.75) is 11.8 Å². The Morgan fingerprint density at radius 1 is 1.13 bits per heavy atom. The highest BCUT2D eigenvalue weighted by Gasteiger charge is 2.19. The quantitative estimate of drug-likeness (QED) is 0.478. The summed E-state index contributed by atoms with van der Waals surface area (Å²) < 4.78 is 25.8. The lowest BCUT2D eigenvalue weighted by molar-refractivity contribution is 0.102. The summed E-state index contributed by atoms with van der Waals surface area (Å²) in [6.07, 6.45) is 2.97. The Balaban J connectivity index is 1.71. The van der Waals surface area contributed by atoms with Gasteiger partial charge in [0.1, 0.15) is 11.3 Å². The third-order valence-electron chi connectivity index (χ3n) is 4.67. The van der Waals surface area contributed by atoms with Crippen LogP contribution >= 0.6 is 0 Å². The number of amides is 1. The molecule has 2 aromatic carbocycles. The van der Waals surface area contributed by atoms with Gasteiger partial charge in [-0.3, -0.25) is 4.79 Å². The van der Waals surface area contributed by atoms with Crippen LogP contribution < -0.4 is 5.32 Å². The van der Waals surface area contributed by atoms with Gasteiger partial charge in [0.05, 0.1) is 28.2 Å². The molecular weight excluding hydrogens is 404 g/mol. The molecule has 8 nitrogen and oxygen atoms in total. The zero-order chi connectivity index (χ0) is 21.3. The van der Waals surface area contributed by atoms with Crippen LogP contribution in [0.2, 0.25) is 0 Å². The monoisotopic (exact) mass is 422 g/mol. The lowest BCUT2D eigenvalue weighted by Gasteiger charge is -2.09. The van der Waals surface area contributed by atoms with Gasteiger partial charge < -0.3 is 10.4 Å². The lowest BCUT2D eigenvalue weighted by atomic mass is 10.1. The smallest absolute Gasteiger partial charge is 0.261 e. The Morgan fingerprint density at radius 2 is 1.90 bits per heavy atom. The molecule has 4 aromatic rings. The minimum absolute atomic E-state index is 0.00640. The largest absolute Gasteiger partial charge is 0.506 e. The summed E-state index contributed by atoms with van der Waals surface area (Å²) in [6, 6.07) is 15.1. The summed E-state index contributed by atoms with van der Waals surface area (Å²) in [6.45, 7) is 1.52. The SMILES string of the molecule is CCS(=O)(=O)c1ccc(O)c(NC(=O)c2cnn3c(-c4ccccc4)ccnc23)c1. The molecule has 2 N–H and O–H groups in total. The fourth-order valence-electron chi connectivity index (χ4n) is 3.04. The van der Waals surface area contributed by atoms with Crippen LogP contribution in [-0.4, -0.2) is 39.8 Å². The zero-order valence-corrected chi connectivity index (χ0v) is 16.8. The van der Waals surface area contributed by atoms with E-state index in [1.54, 1.807) is 16.8 Å². The molecule has 0 atom stereocenters. The highest BCUT2D eigenvalue weighted by atomic mass is 32.2. The van der Waals surface area contributed by atoms with Crippen molar-refractivity contribution < 1.29 is 18.3 Å². The molecule has 9 heteroatoms. The van der Waals surface area contributed by atoms with Gasteiger partial charge in [-0.1, -0.05) is 37.3 Å². The standard InChI is InChI=1S/C21H18N4O4S/c1-2-30(28,29)15-8-9-19(26)17(12-15)24-21(27)16-13-23-25-18(10-11-22-20(16)25)14-6-4-3-5-7-14/h3-13,26H,2H2,1H3,(H,24,27). The first-order valence-corrected chi connectivity index (χ1v) is 10.8. The first-order chi connectivity index (χ1) is 14.4. The number of aromatic hydroxyl groups is 1. The summed E-state index contributed by atoms with van der Waals surface area (Å²) in [5.41, 5.74) is 2.20. The maximum Gasteiger partial charge on any atom is 0.261 e. The average Bonchev–Trinajstić information content (AvgIpc) is 3.20. The van der Waals surface area contributed by atoms with Gasteiger partial charge in [0.2, 0.25) is 0 Å². The topological polar surface area (TPSA) is 114 Å². The van der Waals surface area contributed by atoms with Crippen LogP contribution in [0.25, 0.3) is 16.9 Å². The number of carbonyl (C=O) groups excluding carboxylic acids is 1. The second-order valence-corrected chi connectivity index (χ2v) is 8.80. The van der Waals surface area contributed by atoms with E-state index in [0.29, 0.717) is 5.65 Å². The molecule has 0 saturated carbocycles. The first-order valence-electron chi connectivity index (χ1n) is 9.16. The van der Waals surface area contributed by atoms with Crippen molar-refractivity contribution in [2.75, 3.05) is 11.1 Å². The molecule has 152 valence electrons. The molecular formula is C21H18N4O4S. The summed E-state index contributed by atoms with van der Waals surface area (Å²) in [7, 11) is -3.49. The minimum Gasteiger partial charge on any atom is -0.506 e. The second kappa shape index (κ2) is 7.60. The van der Waals surface area contributed by atoms with Crippen molar-refractivity contribution in [1.29, 1.82) is 0 Å². The van der Waals surface area contributed by atoms with Gasteiger partial charge in [-0.15, -0.1) is 0 Å². The molecule has 2 heterocycles. The maximum atomic E-state index is 12.9. The number of nitrogens with one attached hydrogen (secondary N) is 1. The fourth-order valence-corrected chi connectivity index (χ4v) is 3.95. The van der Waals surface area contributed by atoms with E-state index in [4.69, 9.17) is 0 Å². The number of fused-ring (bicyclic) bond motifs is 1. The highest BCUT2D eigenvalue weighted by Crippen LogP contribution is 2.28. The van der Waals surface area contributed by atoms with E-state index < -0.39 is 15.7 Å². The Bertz CT molecular complexity index is 1350. The number of benzene rings is 2. The van der Waals surface area contributed by atoms with Crippen LogP contribution in [0.4, 0.5) is 5.69 Å². The van der Waals surface area contributed by atoms with Crippen molar-refractivity contribution in [2.24, 2.45) is 0 Å². The first kappa shape index (κ1) is 19.6. The number of anilines is 1. The number of hydrogen-bond acceptors (Lipinski definition) is 6. The van der Waals surface area contributed by atoms with Crippen molar-refractivity contribution in [3.8, 4) is 17.0 Å². The normalized spacial score (nSPS) is 11.5. The van der Waals surface area contributed by atoms with E-state index in [0.717, 1.165) is 11.3 Å². The fraction of sp³-hybridized carbons (Fsp3) is 0.0952. The molecule has 0 aliphatic carbocycles. The number of sulfone groups is 1. The Morgan fingerprint density at radius 3 is 2.63 bits per heavy atom. The van der Waals surface area contributed by atoms with Crippen LogP contribution in [0, 0.1) is 0 Å². The molecule has 1 amide bonds. The maximum absolute atomic E-state index is 12.9. The summed E-state index contributed by atoms with van der Waals surface area (Å²) in [5, 5.41) is 16.9. The second-order valence-electron chi connectivity index (χ2n) is 6.53. The number of nitrogens with zero attached hydrogens (tertiary/aromatic N) is 3. The number of aromatic nitrogens is 3. The van der Waals surface area contributed by atoms with Crippen LogP contribution in [0.15, 0.2) is 71.9 Å². The van der Waals surface area contributed by atoms with Gasteiger partial charge in [-0.25, -0.2) is 17.9 Å². The number of phenolic OH excluding ortho intramolecular Hbond substituents is 1. The highest BCUT2D eigenvalue weighted by molar-refractivity contribution is 7.91. The Kier molecular flexibility index (Phi) is 4.96. The van der Waals surface area contributed by atoms with Crippen LogP contribution in [0.5, 0.6) is 5.75 Å². The molecule has 0 fully saturated rings. The summed E-state index contributed by atoms with van der Waals surface area (Å²) in [5.74, 6) is -0.900. The van der Waals surface area contributed by atoms with E-state index in [1.807, 2.05) is 30.3 Å². The summed E-state index contributed by atoms with van der Waals surface area (Å²) >= 11 is 0. The van der Waals surface area contributed by atoms with Crippen molar-refractivity contribution in [3.63, 3.8) is 0 Å². The van der Waals surface area contributed by atoms with E-state index in [-0.39, 0.29) is 27.6 Å². The van der Waals surface area contributed by atoms with Crippen LogP contribution in [-0.2, 0) is 9.84 Å². The molecule has 0 spiro atoms. The molecule has 0 bridgehead atoms. The molecule has 4 rings (SSSR count).